The van der Waals surface area contributed by atoms with Crippen LogP contribution < -0.4 is 10.1 Å². The highest BCUT2D eigenvalue weighted by molar-refractivity contribution is 6.04. The van der Waals surface area contributed by atoms with Crippen LogP contribution in [0.25, 0.3) is 0 Å². The van der Waals surface area contributed by atoms with Crippen LogP contribution in [0.3, 0.4) is 0 Å². The van der Waals surface area contributed by atoms with E-state index in [-0.39, 0.29) is 5.91 Å². The van der Waals surface area contributed by atoms with E-state index in [1.807, 2.05) is 55.5 Å². The van der Waals surface area contributed by atoms with E-state index in [1.54, 1.807) is 0 Å². The number of hydrogen-bond donors (Lipinski definition) is 1. The summed E-state index contributed by atoms with van der Waals surface area (Å²) in [6.07, 6.45) is 7.51. The largest absolute Gasteiger partial charge is 0.494 e. The summed E-state index contributed by atoms with van der Waals surface area (Å²) in [4.78, 5) is 12.3. The van der Waals surface area contributed by atoms with Gasteiger partial charge in [0.15, 0.2) is 0 Å². The molecule has 0 saturated heterocycles. The molecule has 3 nitrogen and oxygen atoms in total. The van der Waals surface area contributed by atoms with Crippen molar-refractivity contribution in [1.82, 2.24) is 0 Å². The molecular formula is C22H29NO2. The van der Waals surface area contributed by atoms with Crippen molar-refractivity contribution in [3.8, 4) is 5.75 Å². The van der Waals surface area contributed by atoms with Gasteiger partial charge in [0, 0.05) is 11.3 Å². The van der Waals surface area contributed by atoms with E-state index in [1.165, 1.54) is 32.1 Å². The van der Waals surface area contributed by atoms with E-state index in [0.717, 1.165) is 30.0 Å². The fourth-order valence-corrected chi connectivity index (χ4v) is 2.68. The lowest BCUT2D eigenvalue weighted by Crippen LogP contribution is -2.12. The molecule has 2 rings (SSSR count). The van der Waals surface area contributed by atoms with Crippen molar-refractivity contribution in [1.29, 1.82) is 0 Å². The van der Waals surface area contributed by atoms with Gasteiger partial charge < -0.3 is 10.1 Å². The summed E-state index contributed by atoms with van der Waals surface area (Å²) in [5.41, 5.74) is 2.53. The standard InChI is InChI=1S/C22H29NO2/c1-3-4-5-6-7-10-17-25-20-15-13-19(14-16-20)22(24)23-21-12-9-8-11-18(21)2/h8-9,11-16H,3-7,10,17H2,1-2H3,(H,23,24). The normalized spacial score (nSPS) is 10.5. The number of unbranched alkanes of at least 4 members (excludes halogenated alkanes) is 5. The Bertz CT molecular complexity index is 649. The smallest absolute Gasteiger partial charge is 0.255 e. The van der Waals surface area contributed by atoms with Crippen LogP contribution in [-0.4, -0.2) is 12.5 Å². The zero-order valence-corrected chi connectivity index (χ0v) is 15.4. The summed E-state index contributed by atoms with van der Waals surface area (Å²) >= 11 is 0. The highest BCUT2D eigenvalue weighted by Crippen LogP contribution is 2.17. The maximum Gasteiger partial charge on any atom is 0.255 e. The Morgan fingerprint density at radius 1 is 0.920 bits per heavy atom. The Morgan fingerprint density at radius 3 is 2.32 bits per heavy atom. The molecule has 0 aliphatic heterocycles. The van der Waals surface area contributed by atoms with E-state index >= 15 is 0 Å². The fraction of sp³-hybridized carbons (Fsp3) is 0.409. The molecule has 0 aliphatic rings. The van der Waals surface area contributed by atoms with Crippen LogP contribution in [0.15, 0.2) is 48.5 Å². The number of amides is 1. The molecule has 0 radical (unpaired) electrons. The number of hydrogen-bond acceptors (Lipinski definition) is 2. The van der Waals surface area contributed by atoms with Crippen LogP contribution in [0.1, 0.15) is 61.4 Å². The zero-order valence-electron chi connectivity index (χ0n) is 15.4. The first kappa shape index (κ1) is 19.0. The first-order valence-electron chi connectivity index (χ1n) is 9.30. The lowest BCUT2D eigenvalue weighted by Gasteiger charge is -2.09. The highest BCUT2D eigenvalue weighted by Gasteiger charge is 2.07. The third-order valence-corrected chi connectivity index (χ3v) is 4.28. The Balaban J connectivity index is 1.75. The summed E-state index contributed by atoms with van der Waals surface area (Å²) in [6.45, 7) is 4.95. The Kier molecular flexibility index (Phi) is 8.03. The van der Waals surface area contributed by atoms with Crippen LogP contribution in [0, 0.1) is 6.92 Å². The van der Waals surface area contributed by atoms with Crippen LogP contribution in [0.4, 0.5) is 5.69 Å². The Labute approximate surface area is 151 Å². The summed E-state index contributed by atoms with van der Waals surface area (Å²) < 4.78 is 5.75. The SMILES string of the molecule is CCCCCCCCOc1ccc(C(=O)Nc2ccccc2C)cc1. The minimum Gasteiger partial charge on any atom is -0.494 e. The third kappa shape index (κ3) is 6.61. The number of rotatable bonds is 10. The van der Waals surface area contributed by atoms with E-state index in [2.05, 4.69) is 12.2 Å². The molecule has 3 heteroatoms. The summed E-state index contributed by atoms with van der Waals surface area (Å²) in [6, 6.07) is 15.1. The highest BCUT2D eigenvalue weighted by atomic mass is 16.5. The van der Waals surface area contributed by atoms with Gasteiger partial charge in [-0.2, -0.15) is 0 Å². The average molecular weight is 339 g/mol. The molecule has 0 aromatic heterocycles. The monoisotopic (exact) mass is 339 g/mol. The molecular weight excluding hydrogens is 310 g/mol. The maximum absolute atomic E-state index is 12.3. The van der Waals surface area contributed by atoms with Gasteiger partial charge in [0.05, 0.1) is 6.61 Å². The molecule has 0 unspecified atom stereocenters. The van der Waals surface area contributed by atoms with Crippen molar-refractivity contribution < 1.29 is 9.53 Å². The minimum absolute atomic E-state index is 0.100. The number of anilines is 1. The Hall–Kier alpha value is -2.29. The summed E-state index contributed by atoms with van der Waals surface area (Å²) in [5.74, 6) is 0.720. The number of aryl methyl sites for hydroxylation is 1. The van der Waals surface area contributed by atoms with E-state index < -0.39 is 0 Å². The second-order valence-electron chi connectivity index (χ2n) is 6.41. The van der Waals surface area contributed by atoms with Crippen molar-refractivity contribution in [3.63, 3.8) is 0 Å². The molecule has 0 saturated carbocycles. The molecule has 1 amide bonds. The van der Waals surface area contributed by atoms with Crippen molar-refractivity contribution in [3.05, 3.63) is 59.7 Å². The first-order valence-corrected chi connectivity index (χ1v) is 9.30. The number of benzene rings is 2. The molecule has 2 aromatic rings. The molecule has 1 N–H and O–H groups in total. The second kappa shape index (κ2) is 10.5. The van der Waals surface area contributed by atoms with Crippen molar-refractivity contribution in [2.24, 2.45) is 0 Å². The zero-order chi connectivity index (χ0) is 17.9. The molecule has 25 heavy (non-hydrogen) atoms. The van der Waals surface area contributed by atoms with Crippen molar-refractivity contribution in [2.45, 2.75) is 52.4 Å². The number of carbonyl (C=O) groups excluding carboxylic acids is 1. The van der Waals surface area contributed by atoms with Gasteiger partial charge in [-0.05, 0) is 49.2 Å². The Morgan fingerprint density at radius 2 is 1.60 bits per heavy atom. The van der Waals surface area contributed by atoms with Crippen LogP contribution in [0.5, 0.6) is 5.75 Å². The third-order valence-electron chi connectivity index (χ3n) is 4.28. The molecule has 0 aliphatic carbocycles. The van der Waals surface area contributed by atoms with Gasteiger partial charge in [0.2, 0.25) is 0 Å². The molecule has 0 fully saturated rings. The molecule has 0 atom stereocenters. The number of nitrogens with one attached hydrogen (secondary N) is 1. The summed E-state index contributed by atoms with van der Waals surface area (Å²) in [7, 11) is 0. The number of carbonyl (C=O) groups is 1. The van der Waals surface area contributed by atoms with Gasteiger partial charge in [0.25, 0.3) is 5.91 Å². The maximum atomic E-state index is 12.3. The molecule has 2 aromatic carbocycles. The quantitative estimate of drug-likeness (QED) is 0.540. The lowest BCUT2D eigenvalue weighted by atomic mass is 10.1. The van der Waals surface area contributed by atoms with E-state index in [0.29, 0.717) is 5.56 Å². The van der Waals surface area contributed by atoms with E-state index in [9.17, 15) is 4.79 Å². The van der Waals surface area contributed by atoms with E-state index in [4.69, 9.17) is 4.74 Å². The van der Waals surface area contributed by atoms with Gasteiger partial charge in [-0.3, -0.25) is 4.79 Å². The second-order valence-corrected chi connectivity index (χ2v) is 6.41. The van der Waals surface area contributed by atoms with Crippen LogP contribution >= 0.6 is 0 Å². The van der Waals surface area contributed by atoms with Crippen molar-refractivity contribution in [2.75, 3.05) is 11.9 Å². The predicted octanol–water partition coefficient (Wildman–Crippen LogP) is 5.99. The average Bonchev–Trinajstić information content (AvgIpc) is 2.63. The summed E-state index contributed by atoms with van der Waals surface area (Å²) in [5, 5.41) is 2.94. The van der Waals surface area contributed by atoms with Crippen LogP contribution in [-0.2, 0) is 0 Å². The van der Waals surface area contributed by atoms with Gasteiger partial charge in [-0.25, -0.2) is 0 Å². The number of ether oxygens (including phenoxy) is 1. The number of para-hydroxylation sites is 1. The van der Waals surface area contributed by atoms with Gasteiger partial charge in [0.1, 0.15) is 5.75 Å². The topological polar surface area (TPSA) is 38.3 Å². The molecule has 0 spiro atoms. The fourth-order valence-electron chi connectivity index (χ4n) is 2.68. The minimum atomic E-state index is -0.100. The molecule has 0 heterocycles. The molecule has 0 bridgehead atoms. The van der Waals surface area contributed by atoms with Crippen LogP contribution in [0.2, 0.25) is 0 Å². The first-order chi connectivity index (χ1) is 12.2. The van der Waals surface area contributed by atoms with Gasteiger partial charge in [-0.1, -0.05) is 57.2 Å². The van der Waals surface area contributed by atoms with Crippen molar-refractivity contribution >= 4 is 11.6 Å². The van der Waals surface area contributed by atoms with Gasteiger partial charge in [-0.15, -0.1) is 0 Å². The van der Waals surface area contributed by atoms with Gasteiger partial charge >= 0.3 is 0 Å². The molecule has 134 valence electrons. The predicted molar refractivity (Wildman–Crippen MR) is 104 cm³/mol. The lowest BCUT2D eigenvalue weighted by molar-refractivity contribution is 0.102.